The molecular weight excluding hydrogens is 398 g/mol. The third-order valence-electron chi connectivity index (χ3n) is 3.75. The van der Waals surface area contributed by atoms with Crippen LogP contribution in [0.1, 0.15) is 13.3 Å². The minimum atomic E-state index is -0.278. The zero-order chi connectivity index (χ0) is 19.9. The summed E-state index contributed by atoms with van der Waals surface area (Å²) in [6, 6.07) is 7.46. The van der Waals surface area contributed by atoms with Crippen LogP contribution in [0.4, 0.5) is 5.69 Å². The van der Waals surface area contributed by atoms with Crippen molar-refractivity contribution < 1.29 is 4.74 Å². The van der Waals surface area contributed by atoms with Crippen LogP contribution < -0.4 is 20.9 Å². The number of nitrogens with zero attached hydrogens (tertiary/aromatic N) is 4. The van der Waals surface area contributed by atoms with Crippen LogP contribution in [0.2, 0.25) is 0 Å². The maximum Gasteiger partial charge on any atom is 0.281 e. The first kappa shape index (κ1) is 20.1. The van der Waals surface area contributed by atoms with Gasteiger partial charge < -0.3 is 15.4 Å². The molecule has 3 aromatic rings. The summed E-state index contributed by atoms with van der Waals surface area (Å²) in [6.45, 7) is 3.05. The van der Waals surface area contributed by atoms with E-state index in [-0.39, 0.29) is 11.1 Å². The molecule has 0 atom stereocenters. The summed E-state index contributed by atoms with van der Waals surface area (Å²) in [4.78, 5) is 19.3. The van der Waals surface area contributed by atoms with Crippen LogP contribution in [-0.4, -0.2) is 49.5 Å². The fourth-order valence-corrected chi connectivity index (χ4v) is 3.32. The molecule has 0 saturated heterocycles. The molecule has 148 valence electrons. The molecule has 0 fully saturated rings. The van der Waals surface area contributed by atoms with Crippen molar-refractivity contribution in [2.24, 2.45) is 0 Å². The van der Waals surface area contributed by atoms with Crippen LogP contribution in [-0.2, 0) is 6.54 Å². The number of hydrogen-bond acceptors (Lipinski definition) is 7. The van der Waals surface area contributed by atoms with Gasteiger partial charge in [0.1, 0.15) is 5.75 Å². The van der Waals surface area contributed by atoms with E-state index < -0.39 is 0 Å². The Balaban J connectivity index is 1.59. The first-order valence-electron chi connectivity index (χ1n) is 8.76. The Morgan fingerprint density at radius 1 is 1.36 bits per heavy atom. The van der Waals surface area contributed by atoms with Gasteiger partial charge in [-0.25, -0.2) is 9.67 Å². The first-order chi connectivity index (χ1) is 13.6. The van der Waals surface area contributed by atoms with E-state index in [1.165, 1.54) is 11.8 Å². The normalized spacial score (nSPS) is 10.8. The van der Waals surface area contributed by atoms with Crippen molar-refractivity contribution in [2.45, 2.75) is 25.0 Å². The summed E-state index contributed by atoms with van der Waals surface area (Å²) in [5.74, 6) is 1.66. The SMILES string of the molecule is CCCSc1nc2c(nnn2CCNC(=S)Nc2ccc(OC)cc2)c(=O)[nH]1. The number of nitrogens with one attached hydrogen (secondary N) is 3. The van der Waals surface area contributed by atoms with Gasteiger partial charge in [-0.2, -0.15) is 0 Å². The zero-order valence-electron chi connectivity index (χ0n) is 15.6. The van der Waals surface area contributed by atoms with E-state index in [4.69, 9.17) is 17.0 Å². The fourth-order valence-electron chi connectivity index (χ4n) is 2.39. The topological polar surface area (TPSA) is 110 Å². The highest BCUT2D eigenvalue weighted by Crippen LogP contribution is 2.15. The van der Waals surface area contributed by atoms with Crippen molar-refractivity contribution in [3.05, 3.63) is 34.6 Å². The van der Waals surface area contributed by atoms with Gasteiger partial charge in [-0.05, 0) is 42.9 Å². The predicted molar refractivity (Wildman–Crippen MR) is 114 cm³/mol. The molecule has 0 amide bonds. The van der Waals surface area contributed by atoms with Gasteiger partial charge >= 0.3 is 0 Å². The number of thioether (sulfide) groups is 1. The van der Waals surface area contributed by atoms with Gasteiger partial charge in [0.15, 0.2) is 21.4 Å². The standard InChI is InChI=1S/C17H21N7O2S2/c1-3-10-28-17-20-14-13(15(25)21-17)22-23-24(14)9-8-18-16(27)19-11-4-6-12(26-2)7-5-11/h4-7H,3,8-10H2,1-2H3,(H2,18,19,27)(H,20,21,25). The van der Waals surface area contributed by atoms with E-state index in [1.807, 2.05) is 24.3 Å². The average molecular weight is 420 g/mol. The molecule has 0 bridgehead atoms. The molecule has 1 aromatic carbocycles. The van der Waals surface area contributed by atoms with Gasteiger partial charge in [0, 0.05) is 18.0 Å². The highest BCUT2D eigenvalue weighted by molar-refractivity contribution is 7.99. The Morgan fingerprint density at radius 2 is 2.14 bits per heavy atom. The summed E-state index contributed by atoms with van der Waals surface area (Å²) in [7, 11) is 1.62. The highest BCUT2D eigenvalue weighted by Gasteiger charge is 2.12. The molecular formula is C17H21N7O2S2. The number of ether oxygens (including phenoxy) is 1. The molecule has 3 N–H and O–H groups in total. The smallest absolute Gasteiger partial charge is 0.281 e. The average Bonchev–Trinajstić information content (AvgIpc) is 3.10. The lowest BCUT2D eigenvalue weighted by molar-refractivity contribution is 0.415. The largest absolute Gasteiger partial charge is 0.497 e. The predicted octanol–water partition coefficient (Wildman–Crippen LogP) is 2.01. The number of thiocarbonyl (C=S) groups is 1. The number of aromatic nitrogens is 5. The van der Waals surface area contributed by atoms with Gasteiger partial charge in [-0.3, -0.25) is 9.78 Å². The summed E-state index contributed by atoms with van der Waals surface area (Å²) >= 11 is 6.81. The monoisotopic (exact) mass is 419 g/mol. The maximum atomic E-state index is 12.1. The van der Waals surface area contributed by atoms with Crippen molar-refractivity contribution in [1.82, 2.24) is 30.3 Å². The molecule has 11 heteroatoms. The molecule has 0 unspecified atom stereocenters. The highest BCUT2D eigenvalue weighted by atomic mass is 32.2. The second kappa shape index (κ2) is 9.51. The van der Waals surface area contributed by atoms with E-state index in [1.54, 1.807) is 11.8 Å². The molecule has 0 spiro atoms. The Kier molecular flexibility index (Phi) is 6.82. The molecule has 9 nitrogen and oxygen atoms in total. The number of rotatable bonds is 8. The second-order valence-corrected chi connectivity index (χ2v) is 7.31. The van der Waals surface area contributed by atoms with Crippen LogP contribution >= 0.6 is 24.0 Å². The van der Waals surface area contributed by atoms with Crippen molar-refractivity contribution in [3.8, 4) is 5.75 Å². The minimum Gasteiger partial charge on any atom is -0.497 e. The van der Waals surface area contributed by atoms with E-state index in [0.29, 0.717) is 29.0 Å². The Bertz CT molecular complexity index is 1000. The van der Waals surface area contributed by atoms with Crippen molar-refractivity contribution in [3.63, 3.8) is 0 Å². The fraction of sp³-hybridized carbons (Fsp3) is 0.353. The maximum absolute atomic E-state index is 12.1. The van der Waals surface area contributed by atoms with Crippen molar-refractivity contribution in [2.75, 3.05) is 24.7 Å². The number of H-pyrrole nitrogens is 1. The third-order valence-corrected chi connectivity index (χ3v) is 5.08. The van der Waals surface area contributed by atoms with Crippen LogP contribution in [0.5, 0.6) is 5.75 Å². The number of fused-ring (bicyclic) bond motifs is 1. The van der Waals surface area contributed by atoms with Gasteiger partial charge in [-0.1, -0.05) is 23.9 Å². The number of benzene rings is 1. The molecule has 0 aliphatic heterocycles. The number of hydrogen-bond donors (Lipinski definition) is 3. The lowest BCUT2D eigenvalue weighted by Gasteiger charge is -2.11. The van der Waals surface area contributed by atoms with E-state index in [0.717, 1.165) is 23.6 Å². The molecule has 3 rings (SSSR count). The van der Waals surface area contributed by atoms with Crippen LogP contribution in [0.3, 0.4) is 0 Å². The van der Waals surface area contributed by atoms with Gasteiger partial charge in [0.05, 0.1) is 13.7 Å². The number of methoxy groups -OCH3 is 1. The lowest BCUT2D eigenvalue weighted by Crippen LogP contribution is -2.31. The summed E-state index contributed by atoms with van der Waals surface area (Å²) in [5.41, 5.74) is 1.28. The van der Waals surface area contributed by atoms with Crippen LogP contribution in [0.15, 0.2) is 34.2 Å². The molecule has 2 heterocycles. The van der Waals surface area contributed by atoms with Crippen molar-refractivity contribution >= 4 is 45.9 Å². The summed E-state index contributed by atoms with van der Waals surface area (Å²) < 4.78 is 6.73. The number of anilines is 1. The van der Waals surface area contributed by atoms with E-state index in [9.17, 15) is 4.79 Å². The molecule has 0 aliphatic rings. The molecule has 28 heavy (non-hydrogen) atoms. The third kappa shape index (κ3) is 4.98. The second-order valence-electron chi connectivity index (χ2n) is 5.81. The Morgan fingerprint density at radius 3 is 2.86 bits per heavy atom. The zero-order valence-corrected chi connectivity index (χ0v) is 17.2. The molecule has 0 saturated carbocycles. The van der Waals surface area contributed by atoms with Crippen LogP contribution in [0.25, 0.3) is 11.2 Å². The van der Waals surface area contributed by atoms with Gasteiger partial charge in [0.2, 0.25) is 0 Å². The summed E-state index contributed by atoms with van der Waals surface area (Å²) in [5, 5.41) is 15.2. The van der Waals surface area contributed by atoms with Gasteiger partial charge in [-0.15, -0.1) is 5.10 Å². The molecule has 0 radical (unpaired) electrons. The quantitative estimate of drug-likeness (QED) is 0.287. The van der Waals surface area contributed by atoms with Gasteiger partial charge in [0.25, 0.3) is 5.56 Å². The Hall–Kier alpha value is -2.66. The van der Waals surface area contributed by atoms with Crippen LogP contribution in [0, 0.1) is 0 Å². The van der Waals surface area contributed by atoms with E-state index >= 15 is 0 Å². The molecule has 0 aliphatic carbocycles. The first-order valence-corrected chi connectivity index (χ1v) is 10.1. The summed E-state index contributed by atoms with van der Waals surface area (Å²) in [6.07, 6.45) is 0.993. The number of aromatic amines is 1. The Labute approximate surface area is 171 Å². The molecule has 2 aromatic heterocycles. The van der Waals surface area contributed by atoms with Crippen molar-refractivity contribution in [1.29, 1.82) is 0 Å². The lowest BCUT2D eigenvalue weighted by atomic mass is 10.3. The minimum absolute atomic E-state index is 0.236. The van der Waals surface area contributed by atoms with E-state index in [2.05, 4.69) is 37.8 Å².